The number of likely N-dealkylation sites (N-methyl/N-ethyl adjacent to an activating group) is 1. The minimum atomic E-state index is 0.793. The van der Waals surface area contributed by atoms with Crippen molar-refractivity contribution >= 4 is 0 Å². The molecule has 1 aliphatic carbocycles. The number of nitrogens with zero attached hydrogens (tertiary/aromatic N) is 2. The molecule has 3 nitrogen and oxygen atoms in total. The molecule has 2 N–H and O–H groups in total. The number of hydrogen-bond donors (Lipinski definition) is 1. The predicted molar refractivity (Wildman–Crippen MR) is 54.7 cm³/mol. The van der Waals surface area contributed by atoms with Crippen LogP contribution in [-0.4, -0.2) is 55.1 Å². The van der Waals surface area contributed by atoms with Crippen LogP contribution in [0.5, 0.6) is 0 Å². The van der Waals surface area contributed by atoms with E-state index >= 15 is 0 Å². The third kappa shape index (κ3) is 2.22. The normalized spacial score (nSPS) is 30.2. The van der Waals surface area contributed by atoms with Crippen molar-refractivity contribution in [2.45, 2.75) is 31.3 Å². The van der Waals surface area contributed by atoms with Gasteiger partial charge in [-0.1, -0.05) is 0 Å². The van der Waals surface area contributed by atoms with Crippen LogP contribution in [0.4, 0.5) is 0 Å². The van der Waals surface area contributed by atoms with Crippen molar-refractivity contribution in [3.05, 3.63) is 0 Å². The maximum atomic E-state index is 5.64. The van der Waals surface area contributed by atoms with E-state index in [1.807, 2.05) is 0 Å². The molecule has 1 heterocycles. The van der Waals surface area contributed by atoms with Crippen molar-refractivity contribution in [1.29, 1.82) is 0 Å². The van der Waals surface area contributed by atoms with Gasteiger partial charge in [-0.05, 0) is 32.9 Å². The topological polar surface area (TPSA) is 32.5 Å². The SMILES string of the molecule is CN1CC[C@@H](N(CCN)C2CC2)C1. The van der Waals surface area contributed by atoms with Gasteiger partial charge in [-0.3, -0.25) is 4.90 Å². The molecule has 2 fully saturated rings. The van der Waals surface area contributed by atoms with Crippen LogP contribution < -0.4 is 5.73 Å². The van der Waals surface area contributed by atoms with E-state index in [2.05, 4.69) is 16.8 Å². The highest BCUT2D eigenvalue weighted by Crippen LogP contribution is 2.30. The molecule has 1 atom stereocenters. The highest BCUT2D eigenvalue weighted by molar-refractivity contribution is 4.92. The highest BCUT2D eigenvalue weighted by atomic mass is 15.3. The molecule has 0 aromatic heterocycles. The molecular formula is C10H21N3. The Balaban J connectivity index is 1.87. The predicted octanol–water partition coefficient (Wildman–Crippen LogP) is 0.114. The van der Waals surface area contributed by atoms with E-state index in [1.54, 1.807) is 0 Å². The summed E-state index contributed by atoms with van der Waals surface area (Å²) >= 11 is 0. The third-order valence-electron chi connectivity index (χ3n) is 3.24. The number of rotatable bonds is 4. The van der Waals surface area contributed by atoms with Crippen molar-refractivity contribution in [3.8, 4) is 0 Å². The molecule has 0 radical (unpaired) electrons. The van der Waals surface area contributed by atoms with Gasteiger partial charge in [-0.15, -0.1) is 0 Å². The monoisotopic (exact) mass is 183 g/mol. The second-order valence-electron chi connectivity index (χ2n) is 4.46. The van der Waals surface area contributed by atoms with E-state index in [-0.39, 0.29) is 0 Å². The average Bonchev–Trinajstić information content (AvgIpc) is 2.85. The molecule has 2 aliphatic rings. The van der Waals surface area contributed by atoms with E-state index in [9.17, 15) is 0 Å². The molecule has 0 spiro atoms. The summed E-state index contributed by atoms with van der Waals surface area (Å²) in [5, 5.41) is 0. The quantitative estimate of drug-likeness (QED) is 0.671. The second kappa shape index (κ2) is 3.95. The molecule has 0 aromatic rings. The minimum absolute atomic E-state index is 0.793. The standard InChI is InChI=1S/C10H21N3/c1-12-6-4-10(8-12)13(7-5-11)9-2-3-9/h9-10H,2-8,11H2,1H3/t10-/m1/s1. The fourth-order valence-corrected chi connectivity index (χ4v) is 2.40. The van der Waals surface area contributed by atoms with E-state index in [4.69, 9.17) is 5.73 Å². The van der Waals surface area contributed by atoms with Crippen LogP contribution in [0.15, 0.2) is 0 Å². The maximum absolute atomic E-state index is 5.64. The molecule has 0 amide bonds. The van der Waals surface area contributed by atoms with Crippen LogP contribution in [-0.2, 0) is 0 Å². The van der Waals surface area contributed by atoms with Crippen LogP contribution in [0, 0.1) is 0 Å². The lowest BCUT2D eigenvalue weighted by atomic mass is 10.2. The third-order valence-corrected chi connectivity index (χ3v) is 3.24. The summed E-state index contributed by atoms with van der Waals surface area (Å²) in [6, 6.07) is 1.67. The van der Waals surface area contributed by atoms with Crippen LogP contribution in [0.1, 0.15) is 19.3 Å². The summed E-state index contributed by atoms with van der Waals surface area (Å²) in [6.45, 7) is 4.43. The summed E-state index contributed by atoms with van der Waals surface area (Å²) in [7, 11) is 2.22. The van der Waals surface area contributed by atoms with Crippen molar-refractivity contribution in [2.24, 2.45) is 5.73 Å². The molecule has 2 rings (SSSR count). The summed E-state index contributed by atoms with van der Waals surface area (Å²) < 4.78 is 0. The summed E-state index contributed by atoms with van der Waals surface area (Å²) in [5.74, 6) is 0. The lowest BCUT2D eigenvalue weighted by Gasteiger charge is -2.28. The minimum Gasteiger partial charge on any atom is -0.329 e. The fraction of sp³-hybridized carbons (Fsp3) is 1.00. The van der Waals surface area contributed by atoms with Crippen LogP contribution in [0.3, 0.4) is 0 Å². The largest absolute Gasteiger partial charge is 0.329 e. The van der Waals surface area contributed by atoms with Crippen molar-refractivity contribution in [3.63, 3.8) is 0 Å². The van der Waals surface area contributed by atoms with Crippen molar-refractivity contribution in [1.82, 2.24) is 9.80 Å². The van der Waals surface area contributed by atoms with Gasteiger partial charge in [0, 0.05) is 31.7 Å². The molecule has 1 saturated carbocycles. The van der Waals surface area contributed by atoms with Gasteiger partial charge in [0.2, 0.25) is 0 Å². The lowest BCUT2D eigenvalue weighted by Crippen LogP contribution is -2.41. The van der Waals surface area contributed by atoms with Gasteiger partial charge in [-0.25, -0.2) is 0 Å². The van der Waals surface area contributed by atoms with Gasteiger partial charge in [0.25, 0.3) is 0 Å². The molecular weight excluding hydrogens is 162 g/mol. The van der Waals surface area contributed by atoms with Crippen LogP contribution >= 0.6 is 0 Å². The number of likely N-dealkylation sites (tertiary alicyclic amines) is 1. The van der Waals surface area contributed by atoms with Crippen LogP contribution in [0.25, 0.3) is 0 Å². The van der Waals surface area contributed by atoms with Gasteiger partial charge < -0.3 is 10.6 Å². The zero-order valence-electron chi connectivity index (χ0n) is 8.58. The zero-order chi connectivity index (χ0) is 9.26. The fourth-order valence-electron chi connectivity index (χ4n) is 2.40. The van der Waals surface area contributed by atoms with Crippen molar-refractivity contribution in [2.75, 3.05) is 33.2 Å². The van der Waals surface area contributed by atoms with E-state index in [1.165, 1.54) is 32.4 Å². The van der Waals surface area contributed by atoms with Gasteiger partial charge in [0.1, 0.15) is 0 Å². The Labute approximate surface area is 80.9 Å². The first-order chi connectivity index (χ1) is 6.31. The molecule has 0 aromatic carbocycles. The Morgan fingerprint density at radius 1 is 1.31 bits per heavy atom. The van der Waals surface area contributed by atoms with E-state index in [0.29, 0.717) is 0 Å². The first kappa shape index (κ1) is 9.44. The summed E-state index contributed by atoms with van der Waals surface area (Å²) in [6.07, 6.45) is 4.15. The Morgan fingerprint density at radius 3 is 2.54 bits per heavy atom. The van der Waals surface area contributed by atoms with Gasteiger partial charge >= 0.3 is 0 Å². The number of hydrogen-bond acceptors (Lipinski definition) is 3. The lowest BCUT2D eigenvalue weighted by molar-refractivity contribution is 0.193. The highest BCUT2D eigenvalue weighted by Gasteiger charge is 2.35. The average molecular weight is 183 g/mol. The Morgan fingerprint density at radius 2 is 2.08 bits per heavy atom. The van der Waals surface area contributed by atoms with Crippen molar-refractivity contribution < 1.29 is 0 Å². The molecule has 76 valence electrons. The Bertz CT molecular complexity index is 168. The molecule has 13 heavy (non-hydrogen) atoms. The molecule has 1 saturated heterocycles. The first-order valence-corrected chi connectivity index (χ1v) is 5.45. The van der Waals surface area contributed by atoms with E-state index in [0.717, 1.165) is 25.2 Å². The molecule has 0 unspecified atom stereocenters. The zero-order valence-corrected chi connectivity index (χ0v) is 8.58. The Hall–Kier alpha value is -0.120. The van der Waals surface area contributed by atoms with Gasteiger partial charge in [0.15, 0.2) is 0 Å². The second-order valence-corrected chi connectivity index (χ2v) is 4.46. The van der Waals surface area contributed by atoms with Gasteiger partial charge in [0.05, 0.1) is 0 Å². The van der Waals surface area contributed by atoms with Gasteiger partial charge in [-0.2, -0.15) is 0 Å². The molecule has 1 aliphatic heterocycles. The summed E-state index contributed by atoms with van der Waals surface area (Å²) in [5.41, 5.74) is 5.64. The number of nitrogens with two attached hydrogens (primary N) is 1. The molecule has 0 bridgehead atoms. The van der Waals surface area contributed by atoms with E-state index < -0.39 is 0 Å². The van der Waals surface area contributed by atoms with Crippen LogP contribution in [0.2, 0.25) is 0 Å². The molecule has 3 heteroatoms. The Kier molecular flexibility index (Phi) is 2.86. The maximum Gasteiger partial charge on any atom is 0.0238 e. The first-order valence-electron chi connectivity index (χ1n) is 5.45. The summed E-state index contributed by atoms with van der Waals surface area (Å²) in [4.78, 5) is 5.07. The smallest absolute Gasteiger partial charge is 0.0238 e.